The molecule has 3 N–H and O–H groups in total. The van der Waals surface area contributed by atoms with E-state index < -0.39 is 30.2 Å². The molecule has 4 aromatic rings. The molecule has 0 saturated carbocycles. The van der Waals surface area contributed by atoms with Gasteiger partial charge >= 0.3 is 6.55 Å². The number of benzene rings is 2. The molecule has 8 nitrogen and oxygen atoms in total. The van der Waals surface area contributed by atoms with E-state index in [0.29, 0.717) is 21.3 Å². The summed E-state index contributed by atoms with van der Waals surface area (Å²) in [6.07, 6.45) is 2.42. The van der Waals surface area contributed by atoms with Crippen molar-refractivity contribution >= 4 is 28.5 Å². The van der Waals surface area contributed by atoms with Crippen molar-refractivity contribution in [2.24, 2.45) is 5.73 Å². The molecule has 2 amide bonds. The molecule has 0 aliphatic carbocycles. The number of carbonyl (C=O) groups excluding carboxylic acids is 3. The van der Waals surface area contributed by atoms with Crippen LogP contribution in [0.4, 0.5) is 8.78 Å². The lowest BCUT2D eigenvalue weighted by Gasteiger charge is -2.16. The van der Waals surface area contributed by atoms with Crippen molar-refractivity contribution in [3.05, 3.63) is 84.2 Å². The first-order valence-corrected chi connectivity index (χ1v) is 10.2. The number of nitrogens with two attached hydrogens (primary N) is 1. The highest BCUT2D eigenvalue weighted by molar-refractivity contribution is 6.38. The summed E-state index contributed by atoms with van der Waals surface area (Å²) in [6.45, 7) is -3.00. The zero-order valence-electron chi connectivity index (χ0n) is 17.7. The third-order valence-corrected chi connectivity index (χ3v) is 5.21. The largest absolute Gasteiger partial charge is 0.363 e. The molecule has 2 heterocycles. The van der Waals surface area contributed by atoms with E-state index >= 15 is 0 Å². The first-order valence-electron chi connectivity index (χ1n) is 10.2. The van der Waals surface area contributed by atoms with Crippen LogP contribution in [-0.2, 0) is 16.0 Å². The van der Waals surface area contributed by atoms with Gasteiger partial charge in [-0.3, -0.25) is 19.4 Å². The zero-order chi connectivity index (χ0) is 24.2. The predicted molar refractivity (Wildman–Crippen MR) is 120 cm³/mol. The van der Waals surface area contributed by atoms with E-state index in [4.69, 9.17) is 5.73 Å². The molecular weight excluding hydrogens is 444 g/mol. The van der Waals surface area contributed by atoms with Crippen molar-refractivity contribution in [3.8, 4) is 11.3 Å². The van der Waals surface area contributed by atoms with Gasteiger partial charge in [-0.1, -0.05) is 54.6 Å². The summed E-state index contributed by atoms with van der Waals surface area (Å²) < 4.78 is 27.3. The normalized spacial score (nSPS) is 12.0. The predicted octanol–water partition coefficient (Wildman–Crippen LogP) is 2.89. The van der Waals surface area contributed by atoms with Crippen molar-refractivity contribution in [2.45, 2.75) is 19.0 Å². The summed E-state index contributed by atoms with van der Waals surface area (Å²) in [5.74, 6) is -3.08. The van der Waals surface area contributed by atoms with Crippen LogP contribution in [0.25, 0.3) is 22.2 Å². The average Bonchev–Trinajstić information content (AvgIpc) is 3.29. The van der Waals surface area contributed by atoms with E-state index in [1.165, 1.54) is 6.20 Å². The van der Waals surface area contributed by atoms with Gasteiger partial charge in [0.25, 0.3) is 11.8 Å². The summed E-state index contributed by atoms with van der Waals surface area (Å²) in [7, 11) is 0. The lowest BCUT2D eigenvalue weighted by molar-refractivity contribution is -0.137. The molecule has 0 aliphatic heterocycles. The number of pyridine rings is 1. The molecule has 0 spiro atoms. The van der Waals surface area contributed by atoms with E-state index in [1.54, 1.807) is 60.7 Å². The molecule has 2 aromatic heterocycles. The average molecular weight is 463 g/mol. The number of fused-ring (bicyclic) bond motifs is 1. The van der Waals surface area contributed by atoms with Crippen LogP contribution in [0.2, 0.25) is 0 Å². The fourth-order valence-electron chi connectivity index (χ4n) is 3.62. The minimum atomic E-state index is -3.00. The number of hydrogen-bond donors (Lipinski definition) is 2. The number of nitrogens with zero attached hydrogens (tertiary/aromatic N) is 3. The van der Waals surface area contributed by atoms with Crippen LogP contribution in [-0.4, -0.2) is 38.4 Å². The second-order valence-corrected chi connectivity index (χ2v) is 7.47. The minimum absolute atomic E-state index is 0.0114. The van der Waals surface area contributed by atoms with Gasteiger partial charge in [0.2, 0.25) is 5.78 Å². The lowest BCUT2D eigenvalue weighted by Crippen LogP contribution is -2.47. The number of hydrogen-bond acceptors (Lipinski definition) is 5. The summed E-state index contributed by atoms with van der Waals surface area (Å²) >= 11 is 0. The van der Waals surface area contributed by atoms with Crippen LogP contribution in [0.5, 0.6) is 0 Å². The Bertz CT molecular complexity index is 1370. The smallest absolute Gasteiger partial charge is 0.333 e. The molecule has 0 radical (unpaired) electrons. The molecule has 1 unspecified atom stereocenters. The van der Waals surface area contributed by atoms with E-state index in [-0.39, 0.29) is 17.7 Å². The monoisotopic (exact) mass is 463 g/mol. The molecule has 4 rings (SSSR count). The number of primary amides is 1. The molecule has 0 bridgehead atoms. The van der Waals surface area contributed by atoms with Gasteiger partial charge in [-0.25, -0.2) is 4.68 Å². The maximum Gasteiger partial charge on any atom is 0.333 e. The fraction of sp³-hybridized carbons (Fsp3) is 0.125. The molecule has 1 atom stereocenters. The van der Waals surface area contributed by atoms with Crippen molar-refractivity contribution < 1.29 is 23.2 Å². The van der Waals surface area contributed by atoms with Gasteiger partial charge in [0.15, 0.2) is 0 Å². The summed E-state index contributed by atoms with van der Waals surface area (Å²) in [5.41, 5.74) is 6.43. The number of halogens is 2. The van der Waals surface area contributed by atoms with Crippen molar-refractivity contribution in [1.29, 1.82) is 0 Å². The SMILES string of the molecule is NC(=O)C(=O)C(Cc1ccccc1)NC(=O)c1cn(C(F)F)nc1-c1cccc2cccnc12. The van der Waals surface area contributed by atoms with E-state index in [1.807, 2.05) is 0 Å². The zero-order valence-corrected chi connectivity index (χ0v) is 17.7. The quantitative estimate of drug-likeness (QED) is 0.390. The number of carbonyl (C=O) groups is 3. The molecule has 0 saturated heterocycles. The van der Waals surface area contributed by atoms with Gasteiger partial charge < -0.3 is 11.1 Å². The first kappa shape index (κ1) is 22.7. The molecule has 2 aromatic carbocycles. The lowest BCUT2D eigenvalue weighted by atomic mass is 10.0. The van der Waals surface area contributed by atoms with Crippen LogP contribution in [0, 0.1) is 0 Å². The third-order valence-electron chi connectivity index (χ3n) is 5.21. The van der Waals surface area contributed by atoms with Gasteiger partial charge in [-0.15, -0.1) is 0 Å². The Hall–Kier alpha value is -4.47. The third kappa shape index (κ3) is 4.65. The highest BCUT2D eigenvalue weighted by Crippen LogP contribution is 2.30. The molecule has 172 valence electrons. The van der Waals surface area contributed by atoms with Crippen LogP contribution >= 0.6 is 0 Å². The Morgan fingerprint density at radius 3 is 2.44 bits per heavy atom. The summed E-state index contributed by atoms with van der Waals surface area (Å²) in [6, 6.07) is 16.0. The van der Waals surface area contributed by atoms with Gasteiger partial charge in [0.1, 0.15) is 11.7 Å². The Balaban J connectivity index is 1.74. The topological polar surface area (TPSA) is 120 Å². The van der Waals surface area contributed by atoms with Crippen LogP contribution in [0.15, 0.2) is 73.1 Å². The second-order valence-electron chi connectivity index (χ2n) is 7.47. The first-order chi connectivity index (χ1) is 16.3. The van der Waals surface area contributed by atoms with Gasteiger partial charge in [-0.05, 0) is 11.6 Å². The number of rotatable bonds is 8. The molecule has 34 heavy (non-hydrogen) atoms. The van der Waals surface area contributed by atoms with Crippen LogP contribution in [0.1, 0.15) is 22.5 Å². The van der Waals surface area contributed by atoms with Crippen molar-refractivity contribution in [3.63, 3.8) is 0 Å². The second kappa shape index (κ2) is 9.57. The summed E-state index contributed by atoms with van der Waals surface area (Å²) in [4.78, 5) is 41.5. The van der Waals surface area contributed by atoms with Crippen LogP contribution < -0.4 is 11.1 Å². The maximum atomic E-state index is 13.5. The maximum absolute atomic E-state index is 13.5. The van der Waals surface area contributed by atoms with Gasteiger partial charge in [0, 0.05) is 29.8 Å². The minimum Gasteiger partial charge on any atom is -0.363 e. The number of Topliss-reactive ketones (excluding diaryl/α,β-unsaturated/α-hetero) is 1. The fourth-order valence-corrected chi connectivity index (χ4v) is 3.62. The van der Waals surface area contributed by atoms with Gasteiger partial charge in [-0.2, -0.15) is 13.9 Å². The number of aromatic nitrogens is 3. The summed E-state index contributed by atoms with van der Waals surface area (Å²) in [5, 5.41) is 7.10. The number of ketones is 1. The van der Waals surface area contributed by atoms with E-state index in [9.17, 15) is 23.2 Å². The number of alkyl halides is 2. The Morgan fingerprint density at radius 1 is 1.00 bits per heavy atom. The van der Waals surface area contributed by atoms with Crippen molar-refractivity contribution in [2.75, 3.05) is 0 Å². The molecule has 0 aliphatic rings. The highest BCUT2D eigenvalue weighted by Gasteiger charge is 2.29. The number of para-hydroxylation sites is 1. The van der Waals surface area contributed by atoms with Gasteiger partial charge in [0.05, 0.1) is 11.1 Å². The number of amides is 2. The highest BCUT2D eigenvalue weighted by atomic mass is 19.3. The molecule has 0 fully saturated rings. The molecule has 10 heteroatoms. The standard InChI is InChI=1S/C24H19F2N5O3/c25-24(26)31-13-17(20(30-31)16-10-4-8-15-9-5-11-28-19(15)16)23(34)29-18(21(32)22(27)33)12-14-6-2-1-3-7-14/h1-11,13,18,24H,12H2,(H2,27,33)(H,29,34). The Kier molecular flexibility index (Phi) is 6.39. The molecular formula is C24H19F2N5O3. The van der Waals surface area contributed by atoms with E-state index in [0.717, 1.165) is 11.6 Å². The van der Waals surface area contributed by atoms with Crippen molar-refractivity contribution in [1.82, 2.24) is 20.1 Å². The van der Waals surface area contributed by atoms with E-state index in [2.05, 4.69) is 15.4 Å². The van der Waals surface area contributed by atoms with Crippen LogP contribution in [0.3, 0.4) is 0 Å². The number of nitrogens with one attached hydrogen (secondary N) is 1. The Morgan fingerprint density at radius 2 is 1.74 bits per heavy atom. The Labute approximate surface area is 192 Å².